The summed E-state index contributed by atoms with van der Waals surface area (Å²) in [6.07, 6.45) is 0. The summed E-state index contributed by atoms with van der Waals surface area (Å²) in [5.41, 5.74) is 1.59. The van der Waals surface area contributed by atoms with Crippen LogP contribution in [0.5, 0.6) is 17.2 Å². The van der Waals surface area contributed by atoms with Gasteiger partial charge in [-0.1, -0.05) is 12.1 Å². The number of methoxy groups -OCH3 is 2. The Kier molecular flexibility index (Phi) is 6.03. The van der Waals surface area contributed by atoms with Gasteiger partial charge in [-0.15, -0.1) is 0 Å². The topological polar surface area (TPSA) is 71.0 Å². The second-order valence-corrected chi connectivity index (χ2v) is 5.42. The number of carbonyl (C=O) groups excluding carboxylic acids is 1. The molecular weight excluding hydrogens is 308 g/mol. The van der Waals surface area contributed by atoms with Gasteiger partial charge in [-0.05, 0) is 37.4 Å². The highest BCUT2D eigenvalue weighted by Crippen LogP contribution is 2.31. The first-order valence-corrected chi connectivity index (χ1v) is 7.50. The Hall–Kier alpha value is -2.73. The monoisotopic (exact) mass is 330 g/mol. The molecule has 0 unspecified atom stereocenters. The molecule has 2 N–H and O–H groups in total. The molecule has 0 spiro atoms. The fourth-order valence-corrected chi connectivity index (χ4v) is 2.42. The van der Waals surface area contributed by atoms with Crippen LogP contribution in [0.4, 0.5) is 5.69 Å². The van der Waals surface area contributed by atoms with E-state index in [2.05, 4.69) is 5.32 Å². The average Bonchev–Trinajstić information content (AvgIpc) is 2.56. The Balaban J connectivity index is 1.96. The van der Waals surface area contributed by atoms with Crippen LogP contribution in [0.3, 0.4) is 0 Å². The van der Waals surface area contributed by atoms with Crippen LogP contribution >= 0.6 is 0 Å². The third-order valence-corrected chi connectivity index (χ3v) is 3.49. The quantitative estimate of drug-likeness (QED) is 0.763. The van der Waals surface area contributed by atoms with Gasteiger partial charge in [0.2, 0.25) is 5.91 Å². The van der Waals surface area contributed by atoms with Gasteiger partial charge in [0.1, 0.15) is 5.75 Å². The van der Waals surface area contributed by atoms with Gasteiger partial charge < -0.3 is 19.9 Å². The van der Waals surface area contributed by atoms with E-state index in [1.54, 1.807) is 26.4 Å². The predicted molar refractivity (Wildman–Crippen MR) is 92.6 cm³/mol. The summed E-state index contributed by atoms with van der Waals surface area (Å²) in [4.78, 5) is 14.0. The smallest absolute Gasteiger partial charge is 0.238 e. The number of nitrogens with one attached hydrogen (secondary N) is 1. The summed E-state index contributed by atoms with van der Waals surface area (Å²) in [7, 11) is 5.05. The number of phenolic OH excluding ortho intramolecular Hbond substituents is 1. The standard InChI is InChI=1S/C18H22N2O4/c1-20(11-13-5-4-6-16(23-2)18(13)24-3)12-17(22)19-14-7-9-15(21)10-8-14/h4-10,21H,11-12H2,1-3H3,(H,19,22). The number of hydrogen-bond donors (Lipinski definition) is 2. The number of likely N-dealkylation sites (N-methyl/N-ethyl adjacent to an activating group) is 1. The number of phenols is 1. The minimum absolute atomic E-state index is 0.134. The van der Waals surface area contributed by atoms with Crippen LogP contribution in [-0.2, 0) is 11.3 Å². The van der Waals surface area contributed by atoms with Crippen molar-refractivity contribution >= 4 is 11.6 Å². The molecular formula is C18H22N2O4. The minimum atomic E-state index is -0.134. The van der Waals surface area contributed by atoms with E-state index in [0.717, 1.165) is 5.56 Å². The van der Waals surface area contributed by atoms with Gasteiger partial charge in [-0.25, -0.2) is 0 Å². The summed E-state index contributed by atoms with van der Waals surface area (Å²) in [6.45, 7) is 0.768. The van der Waals surface area contributed by atoms with E-state index in [9.17, 15) is 9.90 Å². The molecule has 2 aromatic carbocycles. The number of carbonyl (C=O) groups is 1. The highest BCUT2D eigenvalue weighted by atomic mass is 16.5. The fraction of sp³-hybridized carbons (Fsp3) is 0.278. The molecule has 0 fully saturated rings. The third-order valence-electron chi connectivity index (χ3n) is 3.49. The normalized spacial score (nSPS) is 10.5. The molecule has 128 valence electrons. The zero-order valence-corrected chi connectivity index (χ0v) is 14.1. The van der Waals surface area contributed by atoms with E-state index < -0.39 is 0 Å². The highest BCUT2D eigenvalue weighted by molar-refractivity contribution is 5.92. The van der Waals surface area contributed by atoms with Gasteiger partial charge in [0.05, 0.1) is 20.8 Å². The van der Waals surface area contributed by atoms with Crippen molar-refractivity contribution in [2.75, 3.05) is 33.1 Å². The van der Waals surface area contributed by atoms with Crippen molar-refractivity contribution in [2.24, 2.45) is 0 Å². The van der Waals surface area contributed by atoms with Crippen molar-refractivity contribution in [3.05, 3.63) is 48.0 Å². The molecule has 6 nitrogen and oxygen atoms in total. The summed E-state index contributed by atoms with van der Waals surface area (Å²) in [5, 5.41) is 12.0. The lowest BCUT2D eigenvalue weighted by Gasteiger charge is -2.19. The first-order chi connectivity index (χ1) is 11.5. The second kappa shape index (κ2) is 8.21. The first-order valence-electron chi connectivity index (χ1n) is 7.50. The lowest BCUT2D eigenvalue weighted by Crippen LogP contribution is -2.30. The summed E-state index contributed by atoms with van der Waals surface area (Å²) < 4.78 is 10.7. The van der Waals surface area contributed by atoms with Crippen LogP contribution in [0.2, 0.25) is 0 Å². The van der Waals surface area contributed by atoms with Gasteiger partial charge in [-0.3, -0.25) is 9.69 Å². The van der Waals surface area contributed by atoms with Gasteiger partial charge in [0, 0.05) is 17.8 Å². The highest BCUT2D eigenvalue weighted by Gasteiger charge is 2.13. The van der Waals surface area contributed by atoms with Crippen molar-refractivity contribution < 1.29 is 19.4 Å². The van der Waals surface area contributed by atoms with Crippen molar-refractivity contribution in [3.63, 3.8) is 0 Å². The van der Waals surface area contributed by atoms with Crippen molar-refractivity contribution in [2.45, 2.75) is 6.54 Å². The molecule has 2 aromatic rings. The first kappa shape index (κ1) is 17.6. The maximum atomic E-state index is 12.1. The molecule has 0 heterocycles. The maximum Gasteiger partial charge on any atom is 0.238 e. The molecule has 24 heavy (non-hydrogen) atoms. The SMILES string of the molecule is COc1cccc(CN(C)CC(=O)Nc2ccc(O)cc2)c1OC. The van der Waals surface area contributed by atoms with E-state index in [4.69, 9.17) is 9.47 Å². The van der Waals surface area contributed by atoms with E-state index >= 15 is 0 Å². The van der Waals surface area contributed by atoms with Crippen LogP contribution in [0.25, 0.3) is 0 Å². The lowest BCUT2D eigenvalue weighted by molar-refractivity contribution is -0.117. The Bertz CT molecular complexity index is 686. The molecule has 0 aliphatic carbocycles. The molecule has 6 heteroatoms. The van der Waals surface area contributed by atoms with Crippen molar-refractivity contribution in [3.8, 4) is 17.2 Å². The molecule has 1 amide bonds. The van der Waals surface area contributed by atoms with E-state index in [-0.39, 0.29) is 18.2 Å². The number of benzene rings is 2. The van der Waals surface area contributed by atoms with Crippen LogP contribution in [0, 0.1) is 0 Å². The third kappa shape index (κ3) is 4.63. The van der Waals surface area contributed by atoms with E-state index in [1.807, 2.05) is 30.1 Å². The molecule has 0 bridgehead atoms. The molecule has 0 radical (unpaired) electrons. The number of amides is 1. The summed E-state index contributed by atoms with van der Waals surface area (Å²) >= 11 is 0. The zero-order chi connectivity index (χ0) is 17.5. The second-order valence-electron chi connectivity index (χ2n) is 5.42. The zero-order valence-electron chi connectivity index (χ0n) is 14.1. The number of nitrogens with zero attached hydrogens (tertiary/aromatic N) is 1. The number of rotatable bonds is 7. The summed E-state index contributed by atoms with van der Waals surface area (Å²) in [5.74, 6) is 1.36. The molecule has 0 atom stereocenters. The van der Waals surface area contributed by atoms with Crippen molar-refractivity contribution in [1.82, 2.24) is 4.90 Å². The van der Waals surface area contributed by atoms with Crippen LogP contribution < -0.4 is 14.8 Å². The van der Waals surface area contributed by atoms with Gasteiger partial charge >= 0.3 is 0 Å². The Morgan fingerprint density at radius 1 is 1.12 bits per heavy atom. The molecule has 0 aliphatic rings. The number of ether oxygens (including phenoxy) is 2. The molecule has 0 saturated carbocycles. The fourth-order valence-electron chi connectivity index (χ4n) is 2.42. The van der Waals surface area contributed by atoms with Crippen LogP contribution in [0.15, 0.2) is 42.5 Å². The predicted octanol–water partition coefficient (Wildman–Crippen LogP) is 2.48. The molecule has 0 aliphatic heterocycles. The van der Waals surface area contributed by atoms with Crippen LogP contribution in [-0.4, -0.2) is 43.7 Å². The molecule has 0 aromatic heterocycles. The van der Waals surface area contributed by atoms with E-state index in [1.165, 1.54) is 12.1 Å². The number of aromatic hydroxyl groups is 1. The average molecular weight is 330 g/mol. The Morgan fingerprint density at radius 3 is 2.46 bits per heavy atom. The number of anilines is 1. The molecule has 0 saturated heterocycles. The Morgan fingerprint density at radius 2 is 1.83 bits per heavy atom. The van der Waals surface area contributed by atoms with Crippen molar-refractivity contribution in [1.29, 1.82) is 0 Å². The number of para-hydroxylation sites is 1. The molecule has 2 rings (SSSR count). The van der Waals surface area contributed by atoms with Crippen LogP contribution in [0.1, 0.15) is 5.56 Å². The maximum absolute atomic E-state index is 12.1. The Labute approximate surface area is 141 Å². The largest absolute Gasteiger partial charge is 0.508 e. The minimum Gasteiger partial charge on any atom is -0.508 e. The number of hydrogen-bond acceptors (Lipinski definition) is 5. The lowest BCUT2D eigenvalue weighted by atomic mass is 10.1. The van der Waals surface area contributed by atoms with Gasteiger partial charge in [-0.2, -0.15) is 0 Å². The van der Waals surface area contributed by atoms with Gasteiger partial charge in [0.25, 0.3) is 0 Å². The van der Waals surface area contributed by atoms with E-state index in [0.29, 0.717) is 23.7 Å². The summed E-state index contributed by atoms with van der Waals surface area (Å²) in [6, 6.07) is 12.0. The van der Waals surface area contributed by atoms with Gasteiger partial charge in [0.15, 0.2) is 11.5 Å².